The van der Waals surface area contributed by atoms with Crippen molar-refractivity contribution < 1.29 is 4.79 Å². The van der Waals surface area contributed by atoms with E-state index >= 15 is 0 Å². The number of nitrogens with zero attached hydrogens (tertiary/aromatic N) is 3. The lowest BCUT2D eigenvalue weighted by molar-refractivity contribution is -0.116. The van der Waals surface area contributed by atoms with Gasteiger partial charge in [0.05, 0.1) is 11.3 Å². The van der Waals surface area contributed by atoms with Crippen molar-refractivity contribution in [3.8, 4) is 17.2 Å². The second-order valence-corrected chi connectivity index (χ2v) is 9.59. The zero-order chi connectivity index (χ0) is 22.7. The van der Waals surface area contributed by atoms with Gasteiger partial charge >= 0.3 is 0 Å². The Morgan fingerprint density at radius 3 is 2.59 bits per heavy atom. The number of nitriles is 1. The smallest absolute Gasteiger partial charge is 0.147 e. The summed E-state index contributed by atoms with van der Waals surface area (Å²) >= 11 is 7.47. The first-order chi connectivity index (χ1) is 15.4. The standard InChI is InChI=1S/C26H24ClN3OS/c1-17-3-5-18(6-4-17)13-21(31)16-32-26-22(14-28)25(19-7-9-20(27)10-8-19)23-15-30(2)12-11-24(23)29-26/h3-10H,11-13,15-16H2,1-2H3. The van der Waals surface area contributed by atoms with Gasteiger partial charge in [0.15, 0.2) is 0 Å². The molecule has 3 aromatic rings. The van der Waals surface area contributed by atoms with E-state index in [0.717, 1.165) is 47.5 Å². The van der Waals surface area contributed by atoms with Crippen molar-refractivity contribution in [1.82, 2.24) is 9.88 Å². The first-order valence-electron chi connectivity index (χ1n) is 10.5. The Balaban J connectivity index is 1.65. The molecule has 2 heterocycles. The lowest BCUT2D eigenvalue weighted by Gasteiger charge is -2.28. The number of hydrogen-bond donors (Lipinski definition) is 0. The summed E-state index contributed by atoms with van der Waals surface area (Å²) in [6.45, 7) is 3.69. The van der Waals surface area contributed by atoms with E-state index in [4.69, 9.17) is 16.6 Å². The minimum absolute atomic E-state index is 0.120. The molecule has 1 aliphatic heterocycles. The molecule has 0 N–H and O–H groups in total. The molecular weight excluding hydrogens is 438 g/mol. The van der Waals surface area contributed by atoms with Crippen LogP contribution in [0.4, 0.5) is 0 Å². The van der Waals surface area contributed by atoms with Gasteiger partial charge in [-0.1, -0.05) is 65.3 Å². The first kappa shape index (κ1) is 22.5. The van der Waals surface area contributed by atoms with Crippen molar-refractivity contribution in [2.24, 2.45) is 0 Å². The number of Topliss-reactive ketones (excluding diaryl/α,β-unsaturated/α-hetero) is 1. The van der Waals surface area contributed by atoms with Gasteiger partial charge < -0.3 is 4.90 Å². The Bertz CT molecular complexity index is 1180. The van der Waals surface area contributed by atoms with Crippen LogP contribution in [0.2, 0.25) is 5.02 Å². The molecule has 1 aromatic heterocycles. The Labute approximate surface area is 198 Å². The predicted molar refractivity (Wildman–Crippen MR) is 130 cm³/mol. The molecule has 2 aromatic carbocycles. The molecule has 4 rings (SSSR count). The number of fused-ring (bicyclic) bond motifs is 1. The summed E-state index contributed by atoms with van der Waals surface area (Å²) in [6.07, 6.45) is 1.21. The van der Waals surface area contributed by atoms with Crippen molar-refractivity contribution in [3.63, 3.8) is 0 Å². The van der Waals surface area contributed by atoms with Crippen molar-refractivity contribution >= 4 is 29.1 Å². The summed E-state index contributed by atoms with van der Waals surface area (Å²) in [5.41, 5.74) is 6.68. The van der Waals surface area contributed by atoms with E-state index in [1.54, 1.807) is 0 Å². The van der Waals surface area contributed by atoms with E-state index in [9.17, 15) is 10.1 Å². The SMILES string of the molecule is Cc1ccc(CC(=O)CSc2nc3c(c(-c4ccc(Cl)cc4)c2C#N)CN(C)CC3)cc1. The lowest BCUT2D eigenvalue weighted by atomic mass is 9.92. The molecule has 0 radical (unpaired) electrons. The van der Waals surface area contributed by atoms with Crippen molar-refractivity contribution in [3.05, 3.63) is 81.5 Å². The van der Waals surface area contributed by atoms with Crippen molar-refractivity contribution in [1.29, 1.82) is 5.26 Å². The maximum Gasteiger partial charge on any atom is 0.147 e. The number of carbonyl (C=O) groups excluding carboxylic acids is 1. The van der Waals surface area contributed by atoms with E-state index < -0.39 is 0 Å². The van der Waals surface area contributed by atoms with Crippen LogP contribution in [0.3, 0.4) is 0 Å². The van der Waals surface area contributed by atoms with Crippen LogP contribution >= 0.6 is 23.4 Å². The molecular formula is C26H24ClN3OS. The number of halogens is 1. The fraction of sp³-hybridized carbons (Fsp3) is 0.269. The third-order valence-electron chi connectivity index (χ3n) is 5.65. The highest BCUT2D eigenvalue weighted by atomic mass is 35.5. The number of aromatic nitrogens is 1. The van der Waals surface area contributed by atoms with Gasteiger partial charge in [0.25, 0.3) is 0 Å². The monoisotopic (exact) mass is 461 g/mol. The number of carbonyl (C=O) groups is 1. The van der Waals surface area contributed by atoms with Crippen LogP contribution in [0.5, 0.6) is 0 Å². The summed E-state index contributed by atoms with van der Waals surface area (Å²) in [5.74, 6) is 0.406. The van der Waals surface area contributed by atoms with E-state index in [1.807, 2.05) is 55.5 Å². The van der Waals surface area contributed by atoms with Gasteiger partial charge in [-0.2, -0.15) is 5.26 Å². The van der Waals surface area contributed by atoms with E-state index in [2.05, 4.69) is 18.0 Å². The number of rotatable bonds is 6. The molecule has 0 fully saturated rings. The van der Waals surface area contributed by atoms with Gasteiger partial charge in [0, 0.05) is 42.2 Å². The van der Waals surface area contributed by atoms with Crippen LogP contribution in [0.25, 0.3) is 11.1 Å². The second-order valence-electron chi connectivity index (χ2n) is 8.19. The minimum Gasteiger partial charge on any atom is -0.302 e. The number of ketones is 1. The second kappa shape index (κ2) is 9.87. The average molecular weight is 462 g/mol. The van der Waals surface area contributed by atoms with E-state index in [-0.39, 0.29) is 11.5 Å². The third-order valence-corrected chi connectivity index (χ3v) is 6.93. The summed E-state index contributed by atoms with van der Waals surface area (Å²) in [7, 11) is 2.08. The van der Waals surface area contributed by atoms with Crippen LogP contribution in [0.15, 0.2) is 53.6 Å². The molecule has 32 heavy (non-hydrogen) atoms. The molecule has 0 amide bonds. The maximum atomic E-state index is 12.6. The molecule has 0 spiro atoms. The summed E-state index contributed by atoms with van der Waals surface area (Å²) < 4.78 is 0. The zero-order valence-corrected chi connectivity index (χ0v) is 19.8. The Hall–Kier alpha value is -2.65. The summed E-state index contributed by atoms with van der Waals surface area (Å²) in [5, 5.41) is 11.4. The van der Waals surface area contributed by atoms with Crippen molar-refractivity contribution in [2.75, 3.05) is 19.3 Å². The molecule has 0 bridgehead atoms. The lowest BCUT2D eigenvalue weighted by Crippen LogP contribution is -2.28. The fourth-order valence-electron chi connectivity index (χ4n) is 3.95. The first-order valence-corrected chi connectivity index (χ1v) is 11.9. The topological polar surface area (TPSA) is 57.0 Å². The molecule has 0 saturated heterocycles. The average Bonchev–Trinajstić information content (AvgIpc) is 2.79. The quantitative estimate of drug-likeness (QED) is 0.455. The minimum atomic E-state index is 0.120. The largest absolute Gasteiger partial charge is 0.302 e. The summed E-state index contributed by atoms with van der Waals surface area (Å²) in [4.78, 5) is 19.7. The van der Waals surface area contributed by atoms with Gasteiger partial charge in [-0.25, -0.2) is 4.98 Å². The molecule has 0 unspecified atom stereocenters. The fourth-order valence-corrected chi connectivity index (χ4v) is 4.94. The Morgan fingerprint density at radius 1 is 1.19 bits per heavy atom. The van der Waals surface area contributed by atoms with Gasteiger partial charge in [0.2, 0.25) is 0 Å². The normalized spacial score (nSPS) is 13.4. The molecule has 4 nitrogen and oxygen atoms in total. The number of aryl methyl sites for hydroxylation is 1. The molecule has 0 saturated carbocycles. The van der Waals surface area contributed by atoms with E-state index in [1.165, 1.54) is 17.3 Å². The zero-order valence-electron chi connectivity index (χ0n) is 18.2. The van der Waals surface area contributed by atoms with Gasteiger partial charge in [-0.05, 0) is 42.8 Å². The third kappa shape index (κ3) is 5.05. The molecule has 0 atom stereocenters. The van der Waals surface area contributed by atoms with Crippen LogP contribution in [-0.4, -0.2) is 35.0 Å². The number of thioether (sulfide) groups is 1. The molecule has 6 heteroatoms. The van der Waals surface area contributed by atoms with Crippen LogP contribution < -0.4 is 0 Å². The molecule has 162 valence electrons. The van der Waals surface area contributed by atoms with Gasteiger partial charge in [0.1, 0.15) is 16.9 Å². The number of likely N-dealkylation sites (N-methyl/N-ethyl adjacent to an activating group) is 1. The molecule has 0 aliphatic carbocycles. The Morgan fingerprint density at radius 2 is 1.91 bits per heavy atom. The summed E-state index contributed by atoms with van der Waals surface area (Å²) in [6, 6.07) is 18.0. The maximum absolute atomic E-state index is 12.6. The van der Waals surface area contributed by atoms with Crippen LogP contribution in [-0.2, 0) is 24.2 Å². The van der Waals surface area contributed by atoms with Gasteiger partial charge in [-0.3, -0.25) is 4.79 Å². The highest BCUT2D eigenvalue weighted by molar-refractivity contribution is 8.00. The highest BCUT2D eigenvalue weighted by Gasteiger charge is 2.25. The van der Waals surface area contributed by atoms with Crippen molar-refractivity contribution in [2.45, 2.75) is 31.3 Å². The van der Waals surface area contributed by atoms with Crippen LogP contribution in [0.1, 0.15) is 27.9 Å². The number of benzene rings is 2. The Kier molecular flexibility index (Phi) is 6.95. The predicted octanol–water partition coefficient (Wildman–Crippen LogP) is 5.47. The number of pyridine rings is 1. The number of hydrogen-bond acceptors (Lipinski definition) is 5. The molecule has 1 aliphatic rings. The van der Waals surface area contributed by atoms with E-state index in [0.29, 0.717) is 22.0 Å². The van der Waals surface area contributed by atoms with Crippen LogP contribution in [0, 0.1) is 18.3 Å². The van der Waals surface area contributed by atoms with Gasteiger partial charge in [-0.15, -0.1) is 0 Å². The highest BCUT2D eigenvalue weighted by Crippen LogP contribution is 2.37.